The monoisotopic (exact) mass is 264 g/mol. The van der Waals surface area contributed by atoms with Gasteiger partial charge in [0, 0.05) is 25.7 Å². The number of piperidine rings is 1. The average Bonchev–Trinajstić information content (AvgIpc) is 2.49. The van der Waals surface area contributed by atoms with Crippen LogP contribution in [0.1, 0.15) is 18.9 Å². The summed E-state index contributed by atoms with van der Waals surface area (Å²) in [5, 5.41) is 7.67. The molecule has 0 aromatic carbocycles. The third kappa shape index (κ3) is 2.79. The average molecular weight is 264 g/mol. The topological polar surface area (TPSA) is 59.4 Å². The molecule has 3 rings (SSSR count). The summed E-state index contributed by atoms with van der Waals surface area (Å²) in [5.41, 5.74) is 0.908. The lowest BCUT2D eigenvalue weighted by Crippen LogP contribution is -2.40. The van der Waals surface area contributed by atoms with Gasteiger partial charge in [-0.25, -0.2) is 4.68 Å². The van der Waals surface area contributed by atoms with Gasteiger partial charge in [0.15, 0.2) is 0 Å². The first-order valence-electron chi connectivity index (χ1n) is 6.97. The van der Waals surface area contributed by atoms with Crippen LogP contribution in [0.3, 0.4) is 0 Å². The molecule has 2 aliphatic heterocycles. The highest BCUT2D eigenvalue weighted by molar-refractivity contribution is 5.43. The highest BCUT2D eigenvalue weighted by Gasteiger charge is 2.18. The van der Waals surface area contributed by atoms with E-state index in [9.17, 15) is 4.79 Å². The number of hydrogen-bond acceptors (Lipinski definition) is 5. The van der Waals surface area contributed by atoms with Gasteiger partial charge in [-0.2, -0.15) is 5.10 Å². The van der Waals surface area contributed by atoms with E-state index in [2.05, 4.69) is 15.3 Å². The zero-order valence-corrected chi connectivity index (χ0v) is 11.0. The molecular formula is C13H20N4O2. The molecule has 1 aromatic rings. The molecule has 104 valence electrons. The van der Waals surface area contributed by atoms with Gasteiger partial charge >= 0.3 is 0 Å². The van der Waals surface area contributed by atoms with Crippen LogP contribution in [0.25, 0.3) is 0 Å². The van der Waals surface area contributed by atoms with Gasteiger partial charge in [-0.05, 0) is 19.4 Å². The zero-order valence-electron chi connectivity index (χ0n) is 11.0. The fourth-order valence-corrected chi connectivity index (χ4v) is 2.72. The Morgan fingerprint density at radius 2 is 2.21 bits per heavy atom. The summed E-state index contributed by atoms with van der Waals surface area (Å²) < 4.78 is 6.94. The minimum absolute atomic E-state index is 0.00214. The van der Waals surface area contributed by atoms with Crippen LogP contribution in [0.5, 0.6) is 0 Å². The SMILES string of the molecule is O=c1cc(N2CCOCC2)cnn1[C@@H]1CCCNC1. The summed E-state index contributed by atoms with van der Waals surface area (Å²) in [4.78, 5) is 14.4. The molecule has 6 nitrogen and oxygen atoms in total. The molecule has 0 saturated carbocycles. The highest BCUT2D eigenvalue weighted by Crippen LogP contribution is 2.15. The van der Waals surface area contributed by atoms with Gasteiger partial charge in [-0.3, -0.25) is 4.79 Å². The van der Waals surface area contributed by atoms with E-state index in [0.29, 0.717) is 0 Å². The van der Waals surface area contributed by atoms with Crippen molar-refractivity contribution in [3.05, 3.63) is 22.6 Å². The van der Waals surface area contributed by atoms with E-state index in [1.54, 1.807) is 16.9 Å². The van der Waals surface area contributed by atoms with Crippen molar-refractivity contribution >= 4 is 5.69 Å². The van der Waals surface area contributed by atoms with E-state index in [4.69, 9.17) is 4.74 Å². The molecule has 0 bridgehead atoms. The number of aromatic nitrogens is 2. The Hall–Kier alpha value is -1.40. The van der Waals surface area contributed by atoms with Gasteiger partial charge in [0.05, 0.1) is 31.1 Å². The van der Waals surface area contributed by atoms with E-state index >= 15 is 0 Å². The Morgan fingerprint density at radius 1 is 1.37 bits per heavy atom. The van der Waals surface area contributed by atoms with E-state index < -0.39 is 0 Å². The van der Waals surface area contributed by atoms with Gasteiger partial charge in [-0.15, -0.1) is 0 Å². The molecule has 0 radical (unpaired) electrons. The smallest absolute Gasteiger partial charge is 0.269 e. The van der Waals surface area contributed by atoms with Gasteiger partial charge in [0.25, 0.3) is 5.56 Å². The van der Waals surface area contributed by atoms with E-state index in [1.165, 1.54) is 0 Å². The molecule has 1 aromatic heterocycles. The molecule has 0 spiro atoms. The van der Waals surface area contributed by atoms with Gasteiger partial charge in [0.2, 0.25) is 0 Å². The van der Waals surface area contributed by atoms with Gasteiger partial charge in [0.1, 0.15) is 0 Å². The Bertz CT molecular complexity index is 476. The van der Waals surface area contributed by atoms with E-state index in [-0.39, 0.29) is 11.6 Å². The van der Waals surface area contributed by atoms with Gasteiger partial charge in [-0.1, -0.05) is 0 Å². The molecule has 0 aliphatic carbocycles. The third-order valence-electron chi connectivity index (χ3n) is 3.80. The molecule has 0 amide bonds. The van der Waals surface area contributed by atoms with Crippen molar-refractivity contribution in [3.8, 4) is 0 Å². The van der Waals surface area contributed by atoms with Crippen LogP contribution in [0.4, 0.5) is 5.69 Å². The number of morpholine rings is 1. The van der Waals surface area contributed by atoms with E-state index in [0.717, 1.165) is 57.9 Å². The minimum atomic E-state index is -0.00214. The lowest BCUT2D eigenvalue weighted by atomic mass is 10.1. The second-order valence-corrected chi connectivity index (χ2v) is 5.10. The minimum Gasteiger partial charge on any atom is -0.378 e. The van der Waals surface area contributed by atoms with Crippen molar-refractivity contribution in [1.82, 2.24) is 15.1 Å². The molecule has 6 heteroatoms. The summed E-state index contributed by atoms with van der Waals surface area (Å²) in [7, 11) is 0. The maximum absolute atomic E-state index is 12.2. The van der Waals surface area contributed by atoms with Crippen LogP contribution in [0, 0.1) is 0 Å². The van der Waals surface area contributed by atoms with Crippen molar-refractivity contribution in [1.29, 1.82) is 0 Å². The van der Waals surface area contributed by atoms with Crippen molar-refractivity contribution in [2.24, 2.45) is 0 Å². The van der Waals surface area contributed by atoms with Crippen molar-refractivity contribution in [2.75, 3.05) is 44.3 Å². The third-order valence-corrected chi connectivity index (χ3v) is 3.80. The Labute approximate surface area is 112 Å². The van der Waals surface area contributed by atoms with Crippen LogP contribution >= 0.6 is 0 Å². The van der Waals surface area contributed by atoms with Crippen molar-refractivity contribution in [3.63, 3.8) is 0 Å². The molecular weight excluding hydrogens is 244 g/mol. The van der Waals surface area contributed by atoms with Crippen LogP contribution in [0.15, 0.2) is 17.1 Å². The van der Waals surface area contributed by atoms with Crippen LogP contribution < -0.4 is 15.8 Å². The fraction of sp³-hybridized carbons (Fsp3) is 0.692. The molecule has 1 atom stereocenters. The standard InChI is InChI=1S/C13H20N4O2/c18-13-8-12(16-4-6-19-7-5-16)10-15-17(13)11-2-1-3-14-9-11/h8,10-11,14H,1-7,9H2/t11-/m1/s1. The lowest BCUT2D eigenvalue weighted by molar-refractivity contribution is 0.122. The molecule has 1 N–H and O–H groups in total. The first kappa shape index (κ1) is 12.6. The van der Waals surface area contributed by atoms with Crippen LogP contribution in [0.2, 0.25) is 0 Å². The fourth-order valence-electron chi connectivity index (χ4n) is 2.72. The van der Waals surface area contributed by atoms with Gasteiger partial charge < -0.3 is 15.0 Å². The lowest BCUT2D eigenvalue weighted by Gasteiger charge is -2.29. The number of nitrogens with one attached hydrogen (secondary N) is 1. The predicted octanol–water partition coefficient (Wildman–Crippen LogP) is 0.00440. The maximum Gasteiger partial charge on any atom is 0.269 e. The van der Waals surface area contributed by atoms with Crippen LogP contribution in [-0.2, 0) is 4.74 Å². The normalized spacial score (nSPS) is 24.4. The summed E-state index contributed by atoms with van der Waals surface area (Å²) in [5.74, 6) is 0. The molecule has 0 unspecified atom stereocenters. The molecule has 2 aliphatic rings. The summed E-state index contributed by atoms with van der Waals surface area (Å²) in [6.07, 6.45) is 3.93. The quantitative estimate of drug-likeness (QED) is 0.815. The summed E-state index contributed by atoms with van der Waals surface area (Å²) in [6, 6.07) is 1.90. The maximum atomic E-state index is 12.2. The highest BCUT2D eigenvalue weighted by atomic mass is 16.5. The molecule has 2 fully saturated rings. The number of nitrogens with zero attached hydrogens (tertiary/aromatic N) is 3. The predicted molar refractivity (Wildman–Crippen MR) is 72.7 cm³/mol. The Kier molecular flexibility index (Phi) is 3.79. The summed E-state index contributed by atoms with van der Waals surface area (Å²) in [6.45, 7) is 4.97. The Morgan fingerprint density at radius 3 is 2.89 bits per heavy atom. The number of hydrogen-bond donors (Lipinski definition) is 1. The molecule has 19 heavy (non-hydrogen) atoms. The zero-order chi connectivity index (χ0) is 13.1. The molecule has 3 heterocycles. The summed E-state index contributed by atoms with van der Waals surface area (Å²) >= 11 is 0. The molecule has 2 saturated heterocycles. The van der Waals surface area contributed by atoms with Crippen molar-refractivity contribution in [2.45, 2.75) is 18.9 Å². The van der Waals surface area contributed by atoms with E-state index in [1.807, 2.05) is 0 Å². The number of ether oxygens (including phenoxy) is 1. The largest absolute Gasteiger partial charge is 0.378 e. The Balaban J connectivity index is 1.78. The number of anilines is 1. The second-order valence-electron chi connectivity index (χ2n) is 5.10. The van der Waals surface area contributed by atoms with Crippen molar-refractivity contribution < 1.29 is 4.74 Å². The first-order valence-corrected chi connectivity index (χ1v) is 6.97. The first-order chi connectivity index (χ1) is 9.34. The second kappa shape index (κ2) is 5.71. The number of rotatable bonds is 2. The van der Waals surface area contributed by atoms with Crippen LogP contribution in [-0.4, -0.2) is 49.2 Å².